The Bertz CT molecular complexity index is 1270. The van der Waals surface area contributed by atoms with Gasteiger partial charge in [0.25, 0.3) is 5.91 Å². The summed E-state index contributed by atoms with van der Waals surface area (Å²) in [5.41, 5.74) is 1.33. The van der Waals surface area contributed by atoms with Gasteiger partial charge in [-0.3, -0.25) is 9.59 Å². The number of hydrogen-bond donors (Lipinski definition) is 2. The number of nitrogens with one attached hydrogen (secondary N) is 2. The molecule has 0 radical (unpaired) electrons. The van der Waals surface area contributed by atoms with Crippen LogP contribution in [-0.4, -0.2) is 57.4 Å². The van der Waals surface area contributed by atoms with Crippen LogP contribution in [0.1, 0.15) is 22.3 Å². The Morgan fingerprint density at radius 3 is 2.32 bits per heavy atom. The third-order valence-electron chi connectivity index (χ3n) is 5.67. The highest BCUT2D eigenvalue weighted by molar-refractivity contribution is 7.89. The summed E-state index contributed by atoms with van der Waals surface area (Å²) >= 11 is 0. The molecule has 3 aromatic rings. The maximum Gasteiger partial charge on any atom is 0.251 e. The number of carbonyl (C=O) groups is 2. The van der Waals surface area contributed by atoms with E-state index in [1.54, 1.807) is 30.3 Å². The maximum atomic E-state index is 12.7. The second-order valence-corrected chi connectivity index (χ2v) is 9.94. The summed E-state index contributed by atoms with van der Waals surface area (Å²) in [6.45, 7) is 1.97. The normalized spacial score (nSPS) is 14.6. The summed E-state index contributed by atoms with van der Waals surface area (Å²) in [7, 11) is -3.54. The van der Waals surface area contributed by atoms with Crippen molar-refractivity contribution in [3.8, 4) is 0 Å². The van der Waals surface area contributed by atoms with E-state index in [0.29, 0.717) is 31.9 Å². The Hall–Kier alpha value is -3.27. The average molecular weight is 482 g/mol. The number of fused-ring (bicyclic) bond motifs is 1. The lowest BCUT2D eigenvalue weighted by molar-refractivity contribution is -0.121. The van der Waals surface area contributed by atoms with Crippen molar-refractivity contribution in [3.05, 3.63) is 77.9 Å². The van der Waals surface area contributed by atoms with E-state index in [1.807, 2.05) is 36.4 Å². The largest absolute Gasteiger partial charge is 0.379 e. The van der Waals surface area contributed by atoms with E-state index in [2.05, 4.69) is 10.6 Å². The van der Waals surface area contributed by atoms with Gasteiger partial charge in [0.15, 0.2) is 0 Å². The molecular formula is C25H27N3O5S. The zero-order valence-electron chi connectivity index (χ0n) is 18.7. The summed E-state index contributed by atoms with van der Waals surface area (Å²) in [6.07, 6.45) is 0.142. The van der Waals surface area contributed by atoms with Crippen molar-refractivity contribution >= 4 is 32.6 Å². The molecule has 1 aliphatic rings. The van der Waals surface area contributed by atoms with Crippen molar-refractivity contribution in [2.24, 2.45) is 0 Å². The van der Waals surface area contributed by atoms with E-state index >= 15 is 0 Å². The van der Waals surface area contributed by atoms with Crippen LogP contribution in [0.15, 0.2) is 71.6 Å². The van der Waals surface area contributed by atoms with Crippen molar-refractivity contribution in [1.82, 2.24) is 14.9 Å². The molecular weight excluding hydrogens is 454 g/mol. The van der Waals surface area contributed by atoms with E-state index in [0.717, 1.165) is 16.3 Å². The minimum absolute atomic E-state index is 0.142. The van der Waals surface area contributed by atoms with Crippen molar-refractivity contribution in [2.75, 3.05) is 32.8 Å². The van der Waals surface area contributed by atoms with Gasteiger partial charge in [0.05, 0.1) is 18.1 Å². The fraction of sp³-hybridized carbons (Fsp3) is 0.280. The number of amides is 2. The van der Waals surface area contributed by atoms with Gasteiger partial charge in [-0.05, 0) is 40.6 Å². The van der Waals surface area contributed by atoms with Gasteiger partial charge in [0.2, 0.25) is 15.9 Å². The summed E-state index contributed by atoms with van der Waals surface area (Å²) in [6, 6.07) is 19.8. The van der Waals surface area contributed by atoms with Gasteiger partial charge in [0.1, 0.15) is 0 Å². The highest BCUT2D eigenvalue weighted by atomic mass is 32.2. The van der Waals surface area contributed by atoms with E-state index in [4.69, 9.17) is 4.74 Å². The molecule has 4 rings (SSSR count). The zero-order chi connectivity index (χ0) is 24.0. The predicted octanol–water partition coefficient (Wildman–Crippen LogP) is 2.30. The lowest BCUT2D eigenvalue weighted by atomic mass is 10.1. The number of sulfonamides is 1. The quantitative estimate of drug-likeness (QED) is 0.514. The number of hydrogen-bond acceptors (Lipinski definition) is 5. The van der Waals surface area contributed by atoms with E-state index < -0.39 is 10.0 Å². The van der Waals surface area contributed by atoms with Crippen LogP contribution in [0.3, 0.4) is 0 Å². The van der Waals surface area contributed by atoms with Crippen LogP contribution in [0.25, 0.3) is 10.8 Å². The Labute approximate surface area is 199 Å². The summed E-state index contributed by atoms with van der Waals surface area (Å²) in [5, 5.41) is 7.60. The second-order valence-electron chi connectivity index (χ2n) is 8.00. The highest BCUT2D eigenvalue weighted by Crippen LogP contribution is 2.18. The Balaban J connectivity index is 1.22. The SMILES string of the molecule is O=C(CCNC(=O)c1ccc2ccccc2c1)NCc1ccc(S(=O)(=O)N2CCOCC2)cc1. The van der Waals surface area contributed by atoms with Crippen molar-refractivity contribution in [3.63, 3.8) is 0 Å². The fourth-order valence-electron chi connectivity index (χ4n) is 3.73. The van der Waals surface area contributed by atoms with E-state index in [-0.39, 0.29) is 36.2 Å². The molecule has 1 aliphatic heterocycles. The van der Waals surface area contributed by atoms with Crippen molar-refractivity contribution in [1.29, 1.82) is 0 Å². The van der Waals surface area contributed by atoms with Crippen LogP contribution in [0, 0.1) is 0 Å². The van der Waals surface area contributed by atoms with Crippen molar-refractivity contribution < 1.29 is 22.7 Å². The van der Waals surface area contributed by atoms with E-state index in [1.165, 1.54) is 4.31 Å². The number of carbonyl (C=O) groups excluding carboxylic acids is 2. The van der Waals surface area contributed by atoms with Gasteiger partial charge >= 0.3 is 0 Å². The third-order valence-corrected chi connectivity index (χ3v) is 7.58. The number of nitrogens with zero attached hydrogens (tertiary/aromatic N) is 1. The molecule has 34 heavy (non-hydrogen) atoms. The summed E-state index contributed by atoms with van der Waals surface area (Å²) in [5.74, 6) is -0.431. The minimum Gasteiger partial charge on any atom is -0.379 e. The predicted molar refractivity (Wildman–Crippen MR) is 129 cm³/mol. The van der Waals surface area contributed by atoms with Crippen LogP contribution in [0.4, 0.5) is 0 Å². The van der Waals surface area contributed by atoms with Gasteiger partial charge in [0, 0.05) is 38.2 Å². The molecule has 2 amide bonds. The van der Waals surface area contributed by atoms with Crippen LogP contribution < -0.4 is 10.6 Å². The first-order chi connectivity index (χ1) is 16.4. The number of rotatable bonds is 8. The van der Waals surface area contributed by atoms with Gasteiger partial charge in [-0.2, -0.15) is 4.31 Å². The zero-order valence-corrected chi connectivity index (χ0v) is 19.5. The second kappa shape index (κ2) is 10.8. The smallest absolute Gasteiger partial charge is 0.251 e. The highest BCUT2D eigenvalue weighted by Gasteiger charge is 2.26. The molecule has 0 saturated carbocycles. The molecule has 1 heterocycles. The van der Waals surface area contributed by atoms with Gasteiger partial charge in [-0.25, -0.2) is 8.42 Å². The molecule has 0 aliphatic carbocycles. The van der Waals surface area contributed by atoms with E-state index in [9.17, 15) is 18.0 Å². The van der Waals surface area contributed by atoms with Gasteiger partial charge in [-0.15, -0.1) is 0 Å². The number of benzene rings is 3. The molecule has 0 atom stereocenters. The number of ether oxygens (including phenoxy) is 1. The fourth-order valence-corrected chi connectivity index (χ4v) is 5.13. The molecule has 9 heteroatoms. The molecule has 0 bridgehead atoms. The molecule has 0 aromatic heterocycles. The lowest BCUT2D eigenvalue weighted by Crippen LogP contribution is -2.40. The summed E-state index contributed by atoms with van der Waals surface area (Å²) in [4.78, 5) is 24.8. The molecule has 1 saturated heterocycles. The minimum atomic E-state index is -3.54. The first-order valence-electron chi connectivity index (χ1n) is 11.1. The first kappa shape index (κ1) is 23.9. The third kappa shape index (κ3) is 5.80. The monoisotopic (exact) mass is 481 g/mol. The molecule has 8 nitrogen and oxygen atoms in total. The lowest BCUT2D eigenvalue weighted by Gasteiger charge is -2.26. The van der Waals surface area contributed by atoms with Gasteiger partial charge < -0.3 is 15.4 Å². The van der Waals surface area contributed by atoms with Crippen LogP contribution in [0.5, 0.6) is 0 Å². The first-order valence-corrected chi connectivity index (χ1v) is 12.6. The molecule has 1 fully saturated rings. The molecule has 0 unspecified atom stereocenters. The van der Waals surface area contributed by atoms with Crippen LogP contribution in [-0.2, 0) is 26.1 Å². The maximum absolute atomic E-state index is 12.7. The topological polar surface area (TPSA) is 105 Å². The van der Waals surface area contributed by atoms with Crippen LogP contribution in [0.2, 0.25) is 0 Å². The molecule has 3 aromatic carbocycles. The standard InChI is InChI=1S/C25H27N3O5S/c29-24(11-12-26-25(30)22-8-7-20-3-1-2-4-21(20)17-22)27-18-19-5-9-23(10-6-19)34(31,32)28-13-15-33-16-14-28/h1-10,17H,11-16,18H2,(H,26,30)(H,27,29). The molecule has 0 spiro atoms. The van der Waals surface area contributed by atoms with Crippen molar-refractivity contribution in [2.45, 2.75) is 17.9 Å². The van der Waals surface area contributed by atoms with Crippen LogP contribution >= 0.6 is 0 Å². The Morgan fingerprint density at radius 2 is 1.59 bits per heavy atom. The molecule has 2 N–H and O–H groups in total. The number of morpholine rings is 1. The molecule has 178 valence electrons. The Kier molecular flexibility index (Phi) is 7.56. The summed E-state index contributed by atoms with van der Waals surface area (Å²) < 4.78 is 32.0. The van der Waals surface area contributed by atoms with Gasteiger partial charge in [-0.1, -0.05) is 42.5 Å². The Morgan fingerprint density at radius 1 is 0.882 bits per heavy atom. The average Bonchev–Trinajstić information content (AvgIpc) is 2.88.